The fourth-order valence-corrected chi connectivity index (χ4v) is 1.59. The summed E-state index contributed by atoms with van der Waals surface area (Å²) in [7, 11) is 0. The van der Waals surface area contributed by atoms with Crippen LogP contribution in [0.5, 0.6) is 0 Å². The van der Waals surface area contributed by atoms with Gasteiger partial charge in [0.05, 0.1) is 13.0 Å². The number of amides is 1. The van der Waals surface area contributed by atoms with Gasteiger partial charge in [-0.25, -0.2) is 13.8 Å². The number of hydrogen-bond donors (Lipinski definition) is 2. The Morgan fingerprint density at radius 3 is 2.83 bits per heavy atom. The van der Waals surface area contributed by atoms with E-state index in [1.165, 1.54) is 12.1 Å². The van der Waals surface area contributed by atoms with Crippen molar-refractivity contribution in [2.45, 2.75) is 13.0 Å². The van der Waals surface area contributed by atoms with Crippen LogP contribution >= 0.6 is 0 Å². The Morgan fingerprint density at radius 1 is 1.50 bits per heavy atom. The third kappa shape index (κ3) is 2.20. The smallest absolute Gasteiger partial charge is 0.265 e. The first kappa shape index (κ1) is 12.2. The molecule has 0 aliphatic carbocycles. The third-order valence-corrected chi connectivity index (χ3v) is 2.52. The quantitative estimate of drug-likeness (QED) is 0.840. The number of carbonyl (C=O) groups excluding carboxylic acids is 1. The van der Waals surface area contributed by atoms with Crippen molar-refractivity contribution in [1.82, 2.24) is 5.01 Å². The lowest BCUT2D eigenvalue weighted by atomic mass is 10.2. The van der Waals surface area contributed by atoms with Gasteiger partial charge in [0.2, 0.25) is 0 Å². The number of amidine groups is 1. The summed E-state index contributed by atoms with van der Waals surface area (Å²) >= 11 is 0. The van der Waals surface area contributed by atoms with Crippen LogP contribution in [-0.2, 0) is 11.3 Å². The molecule has 1 aliphatic heterocycles. The number of carbonyl (C=O) groups is 1. The maximum Gasteiger partial charge on any atom is 0.265 e. The molecule has 0 fully saturated rings. The van der Waals surface area contributed by atoms with Crippen molar-refractivity contribution in [1.29, 1.82) is 5.41 Å². The van der Waals surface area contributed by atoms with E-state index in [9.17, 15) is 13.6 Å². The van der Waals surface area contributed by atoms with E-state index in [2.05, 4.69) is 5.10 Å². The molecule has 0 bridgehead atoms. The molecule has 2 rings (SSSR count). The van der Waals surface area contributed by atoms with Crippen LogP contribution in [-0.4, -0.2) is 22.5 Å². The van der Waals surface area contributed by atoms with Crippen molar-refractivity contribution in [2.24, 2.45) is 10.8 Å². The largest absolute Gasteiger partial charge is 0.364 e. The van der Waals surface area contributed by atoms with E-state index in [-0.39, 0.29) is 30.1 Å². The fourth-order valence-electron chi connectivity index (χ4n) is 1.59. The molecule has 0 aromatic heterocycles. The van der Waals surface area contributed by atoms with Crippen LogP contribution in [0.3, 0.4) is 0 Å². The summed E-state index contributed by atoms with van der Waals surface area (Å²) in [5.41, 5.74) is 5.15. The van der Waals surface area contributed by atoms with E-state index in [0.717, 1.165) is 11.1 Å². The fraction of sp³-hybridized carbons (Fsp3) is 0.182. The summed E-state index contributed by atoms with van der Waals surface area (Å²) in [4.78, 5) is 10.9. The van der Waals surface area contributed by atoms with Crippen molar-refractivity contribution in [2.75, 3.05) is 0 Å². The predicted molar refractivity (Wildman–Crippen MR) is 60.9 cm³/mol. The highest BCUT2D eigenvalue weighted by molar-refractivity contribution is 6.42. The second-order valence-electron chi connectivity index (χ2n) is 3.81. The summed E-state index contributed by atoms with van der Waals surface area (Å²) < 4.78 is 26.4. The van der Waals surface area contributed by atoms with Gasteiger partial charge in [0, 0.05) is 5.56 Å². The number of nitrogens with one attached hydrogen (secondary N) is 1. The van der Waals surface area contributed by atoms with Crippen molar-refractivity contribution in [3.63, 3.8) is 0 Å². The van der Waals surface area contributed by atoms with Crippen LogP contribution in [0.2, 0.25) is 0 Å². The first-order valence-electron chi connectivity index (χ1n) is 5.14. The molecule has 0 unspecified atom stereocenters. The minimum atomic E-state index is -0.979. The van der Waals surface area contributed by atoms with Crippen LogP contribution in [0.15, 0.2) is 23.3 Å². The lowest BCUT2D eigenvalue weighted by Gasteiger charge is -2.14. The van der Waals surface area contributed by atoms with E-state index < -0.39 is 17.5 Å². The Kier molecular flexibility index (Phi) is 3.05. The van der Waals surface area contributed by atoms with Crippen LogP contribution in [0.1, 0.15) is 12.0 Å². The highest BCUT2D eigenvalue weighted by Gasteiger charge is 2.25. The van der Waals surface area contributed by atoms with E-state index in [0.29, 0.717) is 0 Å². The molecular formula is C11H10F2N4O. The van der Waals surface area contributed by atoms with Crippen molar-refractivity contribution < 1.29 is 13.6 Å². The summed E-state index contributed by atoms with van der Waals surface area (Å²) in [5, 5.41) is 12.5. The summed E-state index contributed by atoms with van der Waals surface area (Å²) in [6.45, 7) is -0.112. The molecule has 1 heterocycles. The van der Waals surface area contributed by atoms with Gasteiger partial charge in [0.25, 0.3) is 5.91 Å². The molecule has 7 heteroatoms. The number of nitrogens with two attached hydrogens (primary N) is 1. The molecule has 0 saturated heterocycles. The second-order valence-corrected chi connectivity index (χ2v) is 3.81. The minimum absolute atomic E-state index is 0.00622. The average Bonchev–Trinajstić information content (AvgIpc) is 2.67. The normalized spacial score (nSPS) is 14.9. The number of hydrogen-bond acceptors (Lipinski definition) is 3. The molecule has 0 atom stereocenters. The van der Waals surface area contributed by atoms with E-state index in [1.54, 1.807) is 0 Å². The Morgan fingerprint density at radius 2 is 2.22 bits per heavy atom. The molecule has 0 saturated carbocycles. The van der Waals surface area contributed by atoms with E-state index in [1.807, 2.05) is 0 Å². The van der Waals surface area contributed by atoms with Crippen LogP contribution in [0.25, 0.3) is 0 Å². The molecule has 1 aromatic carbocycles. The molecule has 3 N–H and O–H groups in total. The minimum Gasteiger partial charge on any atom is -0.364 e. The first-order valence-corrected chi connectivity index (χ1v) is 5.14. The number of primary amides is 1. The lowest BCUT2D eigenvalue weighted by Crippen LogP contribution is -2.22. The standard InChI is InChI=1S/C11H10F2N4O/c12-7-3-1-2-6(10(7)13)5-17-9(14)4-8(16-17)11(15)18/h1-3,14H,4-5H2,(H2,15,18). The predicted octanol–water partition coefficient (Wildman–Crippen LogP) is 0.989. The van der Waals surface area contributed by atoms with Crippen molar-refractivity contribution in [3.05, 3.63) is 35.4 Å². The molecule has 1 aliphatic rings. The maximum absolute atomic E-state index is 13.4. The van der Waals surface area contributed by atoms with Gasteiger partial charge in [-0.15, -0.1) is 0 Å². The van der Waals surface area contributed by atoms with Gasteiger partial charge in [-0.3, -0.25) is 10.2 Å². The van der Waals surface area contributed by atoms with E-state index >= 15 is 0 Å². The molecule has 1 aromatic rings. The van der Waals surface area contributed by atoms with Crippen LogP contribution in [0, 0.1) is 17.0 Å². The van der Waals surface area contributed by atoms with Crippen molar-refractivity contribution in [3.8, 4) is 0 Å². The molecular weight excluding hydrogens is 242 g/mol. The zero-order chi connectivity index (χ0) is 13.3. The van der Waals surface area contributed by atoms with E-state index in [4.69, 9.17) is 11.1 Å². The van der Waals surface area contributed by atoms with Gasteiger partial charge in [0.15, 0.2) is 11.6 Å². The van der Waals surface area contributed by atoms with Crippen molar-refractivity contribution >= 4 is 17.5 Å². The van der Waals surface area contributed by atoms with Gasteiger partial charge in [-0.2, -0.15) is 5.10 Å². The molecule has 1 amide bonds. The molecule has 5 nitrogen and oxygen atoms in total. The van der Waals surface area contributed by atoms with Gasteiger partial charge < -0.3 is 5.73 Å². The van der Waals surface area contributed by atoms with Gasteiger partial charge in [-0.05, 0) is 6.07 Å². The Labute approximate surface area is 101 Å². The Balaban J connectivity index is 2.22. The number of halogens is 2. The number of hydrazone groups is 1. The number of rotatable bonds is 3. The number of benzene rings is 1. The van der Waals surface area contributed by atoms with Crippen LogP contribution in [0.4, 0.5) is 8.78 Å². The van der Waals surface area contributed by atoms with Gasteiger partial charge >= 0.3 is 0 Å². The average molecular weight is 252 g/mol. The van der Waals surface area contributed by atoms with Gasteiger partial charge in [0.1, 0.15) is 11.5 Å². The summed E-state index contributed by atoms with van der Waals surface area (Å²) in [5.74, 6) is -2.64. The highest BCUT2D eigenvalue weighted by atomic mass is 19.2. The maximum atomic E-state index is 13.4. The molecule has 94 valence electrons. The third-order valence-electron chi connectivity index (χ3n) is 2.52. The summed E-state index contributed by atoms with van der Waals surface area (Å²) in [6, 6.07) is 3.77. The topological polar surface area (TPSA) is 82.5 Å². The van der Waals surface area contributed by atoms with Crippen LogP contribution < -0.4 is 5.73 Å². The first-order chi connectivity index (χ1) is 8.49. The second kappa shape index (κ2) is 4.52. The monoisotopic (exact) mass is 252 g/mol. The zero-order valence-corrected chi connectivity index (χ0v) is 9.28. The Bertz CT molecular complexity index is 556. The molecule has 0 spiro atoms. The number of nitrogens with zero attached hydrogens (tertiary/aromatic N) is 2. The summed E-state index contributed by atoms with van der Waals surface area (Å²) in [6.07, 6.45) is 0.00622. The van der Waals surface area contributed by atoms with Gasteiger partial charge in [-0.1, -0.05) is 12.1 Å². The SMILES string of the molecule is N=C1CC(C(N)=O)=NN1Cc1cccc(F)c1F. The lowest BCUT2D eigenvalue weighted by molar-refractivity contribution is -0.112. The zero-order valence-electron chi connectivity index (χ0n) is 9.28. The molecule has 0 radical (unpaired) electrons. The molecule has 18 heavy (non-hydrogen) atoms. The highest BCUT2D eigenvalue weighted by Crippen LogP contribution is 2.17. The Hall–Kier alpha value is -2.31.